The van der Waals surface area contributed by atoms with Crippen molar-refractivity contribution in [3.8, 4) is 0 Å². The summed E-state index contributed by atoms with van der Waals surface area (Å²) in [5, 5.41) is 8.03. The van der Waals surface area contributed by atoms with E-state index >= 15 is 0 Å². The van der Waals surface area contributed by atoms with Crippen molar-refractivity contribution in [2.75, 3.05) is 7.05 Å². The largest absolute Gasteiger partial charge is 0.349 e. The highest BCUT2D eigenvalue weighted by molar-refractivity contribution is 6.30. The first-order valence-corrected chi connectivity index (χ1v) is 9.26. The van der Waals surface area contributed by atoms with Crippen LogP contribution in [-0.2, 0) is 6.54 Å². The van der Waals surface area contributed by atoms with Gasteiger partial charge in [-0.05, 0) is 50.4 Å². The van der Waals surface area contributed by atoms with Gasteiger partial charge in [0, 0.05) is 29.9 Å². The van der Waals surface area contributed by atoms with Crippen LogP contribution in [0.25, 0.3) is 0 Å². The van der Waals surface area contributed by atoms with Crippen LogP contribution in [0.1, 0.15) is 41.6 Å². The second-order valence-corrected chi connectivity index (χ2v) is 7.68. The molecule has 2 bridgehead atoms. The Bertz CT molecular complexity index is 743. The minimum absolute atomic E-state index is 0.0302. The molecular formula is C19H23ClN4O. The van der Waals surface area contributed by atoms with Crippen LogP contribution < -0.4 is 5.32 Å². The highest BCUT2D eigenvalue weighted by atomic mass is 35.5. The van der Waals surface area contributed by atoms with Crippen molar-refractivity contribution in [3.05, 3.63) is 52.8 Å². The highest BCUT2D eigenvalue weighted by Crippen LogP contribution is 2.34. The molecule has 132 valence electrons. The molecule has 2 aromatic rings. The zero-order chi connectivity index (χ0) is 17.4. The molecule has 1 amide bonds. The van der Waals surface area contributed by atoms with Crippen molar-refractivity contribution < 1.29 is 4.79 Å². The minimum Gasteiger partial charge on any atom is -0.349 e. The summed E-state index contributed by atoms with van der Waals surface area (Å²) in [6.07, 6.45) is 8.07. The number of benzene rings is 1. The highest BCUT2D eigenvalue weighted by Gasteiger charge is 2.38. The van der Waals surface area contributed by atoms with Crippen LogP contribution in [0.2, 0.25) is 5.02 Å². The fourth-order valence-corrected chi connectivity index (χ4v) is 4.33. The third kappa shape index (κ3) is 3.58. The van der Waals surface area contributed by atoms with E-state index in [9.17, 15) is 4.79 Å². The molecule has 2 aliphatic rings. The number of hydrogen-bond acceptors (Lipinski definition) is 3. The number of nitrogens with zero attached hydrogens (tertiary/aromatic N) is 3. The Morgan fingerprint density at radius 3 is 2.52 bits per heavy atom. The van der Waals surface area contributed by atoms with E-state index in [2.05, 4.69) is 22.4 Å². The standard InChI is InChI=1S/C19H23ClN4O/c1-23-17-6-7-18(23)9-16(8-17)22-19(25)14-4-2-13(3-5-14)11-24-12-15(20)10-21-24/h2-5,10,12,16-18H,6-9,11H2,1H3,(H,22,25). The fourth-order valence-electron chi connectivity index (χ4n) is 4.17. The first kappa shape index (κ1) is 16.6. The molecule has 25 heavy (non-hydrogen) atoms. The van der Waals surface area contributed by atoms with E-state index in [0.29, 0.717) is 35.3 Å². The van der Waals surface area contributed by atoms with Crippen molar-refractivity contribution in [1.29, 1.82) is 0 Å². The van der Waals surface area contributed by atoms with Gasteiger partial charge in [-0.2, -0.15) is 5.10 Å². The third-order valence-corrected chi connectivity index (χ3v) is 5.79. The first-order valence-electron chi connectivity index (χ1n) is 8.88. The summed E-state index contributed by atoms with van der Waals surface area (Å²) in [6.45, 7) is 0.646. The van der Waals surface area contributed by atoms with Crippen LogP contribution in [0.3, 0.4) is 0 Å². The molecule has 0 spiro atoms. The van der Waals surface area contributed by atoms with Crippen molar-refractivity contribution in [1.82, 2.24) is 20.0 Å². The second-order valence-electron chi connectivity index (χ2n) is 7.25. The molecule has 5 nitrogen and oxygen atoms in total. The van der Waals surface area contributed by atoms with Crippen molar-refractivity contribution >= 4 is 17.5 Å². The van der Waals surface area contributed by atoms with E-state index in [1.165, 1.54) is 12.8 Å². The molecule has 0 aliphatic carbocycles. The summed E-state index contributed by atoms with van der Waals surface area (Å²) in [5.74, 6) is 0.0302. The molecule has 2 unspecified atom stereocenters. The number of piperidine rings is 1. The Morgan fingerprint density at radius 2 is 1.92 bits per heavy atom. The average molecular weight is 359 g/mol. The van der Waals surface area contributed by atoms with Gasteiger partial charge < -0.3 is 10.2 Å². The van der Waals surface area contributed by atoms with Gasteiger partial charge in [-0.25, -0.2) is 0 Å². The first-order chi connectivity index (χ1) is 12.1. The van der Waals surface area contributed by atoms with Crippen LogP contribution in [0.15, 0.2) is 36.7 Å². The summed E-state index contributed by atoms with van der Waals surface area (Å²) in [5.41, 5.74) is 1.81. The number of halogens is 1. The van der Waals surface area contributed by atoms with E-state index in [1.807, 2.05) is 24.3 Å². The van der Waals surface area contributed by atoms with E-state index < -0.39 is 0 Å². The molecule has 0 saturated carbocycles. The summed E-state index contributed by atoms with van der Waals surface area (Å²) >= 11 is 5.88. The van der Waals surface area contributed by atoms with Gasteiger partial charge in [0.25, 0.3) is 5.91 Å². The lowest BCUT2D eigenvalue weighted by Crippen LogP contribution is -2.48. The molecule has 2 fully saturated rings. The van der Waals surface area contributed by atoms with Crippen LogP contribution >= 0.6 is 11.6 Å². The number of fused-ring (bicyclic) bond motifs is 2. The fraction of sp³-hybridized carbons (Fsp3) is 0.474. The lowest BCUT2D eigenvalue weighted by Gasteiger charge is -2.36. The Labute approximate surface area is 153 Å². The van der Waals surface area contributed by atoms with Gasteiger partial charge in [-0.1, -0.05) is 23.7 Å². The maximum absolute atomic E-state index is 12.5. The van der Waals surface area contributed by atoms with E-state index in [4.69, 9.17) is 11.6 Å². The van der Waals surface area contributed by atoms with Crippen LogP contribution in [0.5, 0.6) is 0 Å². The van der Waals surface area contributed by atoms with Crippen molar-refractivity contribution in [2.24, 2.45) is 0 Å². The van der Waals surface area contributed by atoms with Gasteiger partial charge in [-0.3, -0.25) is 9.48 Å². The molecule has 1 aromatic carbocycles. The SMILES string of the molecule is CN1C2CCC1CC(NC(=O)c1ccc(Cn3cc(Cl)cn3)cc1)C2. The zero-order valence-electron chi connectivity index (χ0n) is 14.4. The summed E-state index contributed by atoms with van der Waals surface area (Å²) in [7, 11) is 2.21. The number of carbonyl (C=O) groups excluding carboxylic acids is 1. The van der Waals surface area contributed by atoms with Crippen LogP contribution in [-0.4, -0.2) is 45.8 Å². The van der Waals surface area contributed by atoms with Gasteiger partial charge in [0.15, 0.2) is 0 Å². The predicted molar refractivity (Wildman–Crippen MR) is 97.8 cm³/mol. The lowest BCUT2D eigenvalue weighted by molar-refractivity contribution is 0.0882. The topological polar surface area (TPSA) is 50.2 Å². The summed E-state index contributed by atoms with van der Waals surface area (Å²) in [6, 6.07) is 9.29. The molecule has 0 radical (unpaired) electrons. The molecule has 1 N–H and O–H groups in total. The van der Waals surface area contributed by atoms with E-state index in [1.54, 1.807) is 17.1 Å². The van der Waals surface area contributed by atoms with Gasteiger partial charge >= 0.3 is 0 Å². The van der Waals surface area contributed by atoms with Gasteiger partial charge in [0.05, 0.1) is 17.8 Å². The maximum atomic E-state index is 12.5. The van der Waals surface area contributed by atoms with Crippen LogP contribution in [0, 0.1) is 0 Å². The van der Waals surface area contributed by atoms with Crippen molar-refractivity contribution in [2.45, 2.75) is 50.4 Å². The zero-order valence-corrected chi connectivity index (χ0v) is 15.1. The number of rotatable bonds is 4. The number of carbonyl (C=O) groups is 1. The van der Waals surface area contributed by atoms with E-state index in [-0.39, 0.29) is 5.91 Å². The van der Waals surface area contributed by atoms with Crippen molar-refractivity contribution in [3.63, 3.8) is 0 Å². The second kappa shape index (κ2) is 6.81. The normalized spacial score (nSPS) is 25.9. The molecule has 4 rings (SSSR count). The third-order valence-electron chi connectivity index (χ3n) is 5.60. The van der Waals surface area contributed by atoms with Gasteiger partial charge in [-0.15, -0.1) is 0 Å². The molecule has 6 heteroatoms. The Hall–Kier alpha value is -1.85. The number of amides is 1. The number of hydrogen-bond donors (Lipinski definition) is 1. The molecule has 2 saturated heterocycles. The number of aromatic nitrogens is 2. The molecule has 1 aromatic heterocycles. The Morgan fingerprint density at radius 1 is 1.24 bits per heavy atom. The van der Waals surface area contributed by atoms with Crippen LogP contribution in [0.4, 0.5) is 0 Å². The summed E-state index contributed by atoms with van der Waals surface area (Å²) < 4.78 is 1.78. The predicted octanol–water partition coefficient (Wildman–Crippen LogP) is 2.94. The summed E-state index contributed by atoms with van der Waals surface area (Å²) in [4.78, 5) is 15.0. The quantitative estimate of drug-likeness (QED) is 0.914. The Balaban J connectivity index is 1.36. The van der Waals surface area contributed by atoms with E-state index in [0.717, 1.165) is 18.4 Å². The number of nitrogens with one attached hydrogen (secondary N) is 1. The van der Waals surface area contributed by atoms with Gasteiger partial charge in [0.1, 0.15) is 0 Å². The molecule has 2 atom stereocenters. The maximum Gasteiger partial charge on any atom is 0.251 e. The smallest absolute Gasteiger partial charge is 0.251 e. The molecule has 3 heterocycles. The Kier molecular flexibility index (Phi) is 4.52. The average Bonchev–Trinajstić information content (AvgIpc) is 3.07. The minimum atomic E-state index is 0.0302. The van der Waals surface area contributed by atoms with Gasteiger partial charge in [0.2, 0.25) is 0 Å². The lowest BCUT2D eigenvalue weighted by atomic mass is 9.97. The molecule has 2 aliphatic heterocycles. The monoisotopic (exact) mass is 358 g/mol. The molecular weight excluding hydrogens is 336 g/mol.